The molecule has 0 amide bonds. The molecule has 1 aromatic rings. The van der Waals surface area contributed by atoms with Crippen LogP contribution in [0, 0.1) is 0 Å². The zero-order valence-electron chi connectivity index (χ0n) is 8.07. The molecule has 4 heteroatoms. The average Bonchev–Trinajstić information content (AvgIpc) is 2.05. The van der Waals surface area contributed by atoms with Gasteiger partial charge in [0.05, 0.1) is 7.11 Å². The van der Waals surface area contributed by atoms with Crippen LogP contribution in [0.15, 0.2) is 18.2 Å². The number of phenols is 1. The molecule has 0 aliphatic carbocycles. The molecule has 1 rings (SSSR count). The Kier molecular flexibility index (Phi) is 4.97. The van der Waals surface area contributed by atoms with Crippen LogP contribution in [-0.4, -0.2) is 18.5 Å². The van der Waals surface area contributed by atoms with E-state index in [1.165, 1.54) is 25.3 Å². The fourth-order valence-corrected chi connectivity index (χ4v) is 0.768. The van der Waals surface area contributed by atoms with Gasteiger partial charge < -0.3 is 11.3 Å². The maximum Gasteiger partial charge on any atom is 1.00 e. The Morgan fingerprint density at radius 3 is 2.75 bits per heavy atom. The average molecular weight is 176 g/mol. The number of hydrogen-bond donors (Lipinski definition) is 1. The van der Waals surface area contributed by atoms with Crippen molar-refractivity contribution in [3.05, 3.63) is 23.8 Å². The van der Waals surface area contributed by atoms with Crippen molar-refractivity contribution in [1.82, 2.24) is 0 Å². The van der Waals surface area contributed by atoms with Gasteiger partial charge in [-0.15, -0.1) is 0 Å². The Balaban J connectivity index is 0. The predicted molar refractivity (Wildman–Crippen MR) is 41.2 cm³/mol. The van der Waals surface area contributed by atoms with Crippen LogP contribution < -0.4 is 34.3 Å². The second kappa shape index (κ2) is 5.19. The standard InChI is InChI=1S/C8H8O3.Na.H/c1-11-8-4-6(5-9)2-3-7(8)10;;/h2-5,10H,1H3;;/q;+1;-1. The largest absolute Gasteiger partial charge is 1.00 e. The first kappa shape index (κ1) is 11.5. The van der Waals surface area contributed by atoms with Crippen LogP contribution in [0.25, 0.3) is 0 Å². The van der Waals surface area contributed by atoms with E-state index in [1.807, 2.05) is 0 Å². The van der Waals surface area contributed by atoms with Gasteiger partial charge in [0.15, 0.2) is 11.5 Å². The number of ether oxygens (including phenoxy) is 1. The maximum atomic E-state index is 10.2. The van der Waals surface area contributed by atoms with Crippen molar-refractivity contribution in [1.29, 1.82) is 0 Å². The maximum absolute atomic E-state index is 10.2. The van der Waals surface area contributed by atoms with Crippen molar-refractivity contribution >= 4 is 6.29 Å². The van der Waals surface area contributed by atoms with Gasteiger partial charge in [0.1, 0.15) is 6.29 Å². The normalized spacial score (nSPS) is 8.42. The predicted octanol–water partition coefficient (Wildman–Crippen LogP) is -1.67. The van der Waals surface area contributed by atoms with Gasteiger partial charge in [0.2, 0.25) is 0 Å². The Morgan fingerprint density at radius 1 is 1.58 bits per heavy atom. The first-order valence-corrected chi connectivity index (χ1v) is 3.10. The molecule has 0 aliphatic rings. The summed E-state index contributed by atoms with van der Waals surface area (Å²) in [6.45, 7) is 0. The molecule has 1 aromatic carbocycles. The monoisotopic (exact) mass is 176 g/mol. The number of rotatable bonds is 2. The molecule has 0 aliphatic heterocycles. The van der Waals surface area contributed by atoms with Crippen LogP contribution in [-0.2, 0) is 0 Å². The summed E-state index contributed by atoms with van der Waals surface area (Å²) in [5.74, 6) is 0.354. The smallest absolute Gasteiger partial charge is 1.00 e. The molecule has 0 heterocycles. The molecule has 1 N–H and O–H groups in total. The third-order valence-corrected chi connectivity index (χ3v) is 1.34. The second-order valence-corrected chi connectivity index (χ2v) is 2.05. The van der Waals surface area contributed by atoms with Gasteiger partial charge in [-0.05, 0) is 18.2 Å². The van der Waals surface area contributed by atoms with Crippen molar-refractivity contribution in [3.8, 4) is 11.5 Å². The molecule has 60 valence electrons. The summed E-state index contributed by atoms with van der Waals surface area (Å²) in [6, 6.07) is 4.41. The number of phenolic OH excluding ortho intramolecular Hbond substituents is 1. The van der Waals surface area contributed by atoms with Crippen LogP contribution in [0.4, 0.5) is 0 Å². The SMILES string of the molecule is COc1cc(C=O)ccc1O.[H-].[Na+]. The number of aromatic hydroxyl groups is 1. The molecule has 0 saturated heterocycles. The Bertz CT molecular complexity index is 278. The van der Waals surface area contributed by atoms with Crippen molar-refractivity contribution in [2.75, 3.05) is 7.11 Å². The number of hydrogen-bond acceptors (Lipinski definition) is 3. The van der Waals surface area contributed by atoms with Crippen molar-refractivity contribution in [2.45, 2.75) is 0 Å². The van der Waals surface area contributed by atoms with Crippen molar-refractivity contribution in [2.24, 2.45) is 0 Å². The Morgan fingerprint density at radius 2 is 2.25 bits per heavy atom. The molecule has 12 heavy (non-hydrogen) atoms. The van der Waals surface area contributed by atoms with Gasteiger partial charge in [0, 0.05) is 5.56 Å². The number of carbonyl (C=O) groups excluding carboxylic acids is 1. The first-order chi connectivity index (χ1) is 5.27. The van der Waals surface area contributed by atoms with Gasteiger partial charge in [-0.3, -0.25) is 4.79 Å². The van der Waals surface area contributed by atoms with E-state index in [9.17, 15) is 4.79 Å². The van der Waals surface area contributed by atoms with E-state index in [0.717, 1.165) is 0 Å². The first-order valence-electron chi connectivity index (χ1n) is 3.10. The second-order valence-electron chi connectivity index (χ2n) is 2.05. The summed E-state index contributed by atoms with van der Waals surface area (Å²) in [5, 5.41) is 9.09. The van der Waals surface area contributed by atoms with Crippen LogP contribution in [0.5, 0.6) is 11.5 Å². The molecule has 0 atom stereocenters. The number of carbonyl (C=O) groups is 1. The van der Waals surface area contributed by atoms with Crippen LogP contribution >= 0.6 is 0 Å². The molecular formula is C8H9NaO3. The molecule has 0 spiro atoms. The summed E-state index contributed by atoms with van der Waals surface area (Å²) < 4.78 is 4.78. The van der Waals surface area contributed by atoms with E-state index in [0.29, 0.717) is 17.6 Å². The summed E-state index contributed by atoms with van der Waals surface area (Å²) in [4.78, 5) is 10.2. The summed E-state index contributed by atoms with van der Waals surface area (Å²) in [7, 11) is 1.43. The third kappa shape index (κ3) is 2.52. The minimum Gasteiger partial charge on any atom is -1.00 e. The summed E-state index contributed by atoms with van der Waals surface area (Å²) >= 11 is 0. The fourth-order valence-electron chi connectivity index (χ4n) is 0.768. The molecule has 0 unspecified atom stereocenters. The van der Waals surface area contributed by atoms with Gasteiger partial charge in [-0.1, -0.05) is 0 Å². The Labute approximate surface area is 94.1 Å². The number of benzene rings is 1. The zero-order chi connectivity index (χ0) is 8.27. The van der Waals surface area contributed by atoms with E-state index >= 15 is 0 Å². The summed E-state index contributed by atoms with van der Waals surface area (Å²) in [6.07, 6.45) is 0.696. The number of methoxy groups -OCH3 is 1. The zero-order valence-corrected chi connectivity index (χ0v) is 9.07. The molecule has 0 fully saturated rings. The van der Waals surface area contributed by atoms with E-state index < -0.39 is 0 Å². The summed E-state index contributed by atoms with van der Waals surface area (Å²) in [5.41, 5.74) is 0.486. The molecule has 3 nitrogen and oxygen atoms in total. The molecule has 0 aromatic heterocycles. The third-order valence-electron chi connectivity index (χ3n) is 1.34. The molecule has 0 saturated carbocycles. The van der Waals surface area contributed by atoms with E-state index in [4.69, 9.17) is 9.84 Å². The molecular weight excluding hydrogens is 167 g/mol. The van der Waals surface area contributed by atoms with E-state index in [2.05, 4.69) is 0 Å². The van der Waals surface area contributed by atoms with Gasteiger partial charge in [-0.2, -0.15) is 0 Å². The van der Waals surface area contributed by atoms with Gasteiger partial charge in [-0.25, -0.2) is 0 Å². The van der Waals surface area contributed by atoms with E-state index in [1.54, 1.807) is 0 Å². The molecule has 0 radical (unpaired) electrons. The Hall–Kier alpha value is -0.510. The van der Waals surface area contributed by atoms with Crippen molar-refractivity contribution < 1.29 is 45.6 Å². The fraction of sp³-hybridized carbons (Fsp3) is 0.125. The molecule has 0 bridgehead atoms. The van der Waals surface area contributed by atoms with Crippen molar-refractivity contribution in [3.63, 3.8) is 0 Å². The minimum atomic E-state index is 0. The van der Waals surface area contributed by atoms with Crippen LogP contribution in [0.1, 0.15) is 11.8 Å². The van der Waals surface area contributed by atoms with Gasteiger partial charge in [0.25, 0.3) is 0 Å². The topological polar surface area (TPSA) is 46.5 Å². The minimum absolute atomic E-state index is 0. The van der Waals surface area contributed by atoms with Crippen LogP contribution in [0.2, 0.25) is 0 Å². The van der Waals surface area contributed by atoms with Gasteiger partial charge >= 0.3 is 29.6 Å². The quantitative estimate of drug-likeness (QED) is 0.433. The van der Waals surface area contributed by atoms with E-state index in [-0.39, 0.29) is 36.7 Å². The number of aldehydes is 1. The van der Waals surface area contributed by atoms with Crippen LogP contribution in [0.3, 0.4) is 0 Å².